The van der Waals surface area contributed by atoms with E-state index in [0.29, 0.717) is 19.0 Å². The highest BCUT2D eigenvalue weighted by Crippen LogP contribution is 2.18. The van der Waals surface area contributed by atoms with Crippen LogP contribution in [0.1, 0.15) is 41.8 Å². The van der Waals surface area contributed by atoms with Crippen molar-refractivity contribution >= 4 is 6.03 Å². The van der Waals surface area contributed by atoms with Crippen LogP contribution in [0.4, 0.5) is 4.79 Å². The maximum absolute atomic E-state index is 12.2. The van der Waals surface area contributed by atoms with Crippen LogP contribution in [-0.2, 0) is 6.54 Å². The molecule has 5 heteroatoms. The lowest BCUT2D eigenvalue weighted by atomic mass is 9.98. The molecule has 1 aromatic heterocycles. The molecule has 0 aliphatic carbocycles. The second-order valence-corrected chi connectivity index (χ2v) is 7.11. The number of hydrogen-bond donors (Lipinski definition) is 2. The van der Waals surface area contributed by atoms with E-state index in [9.17, 15) is 4.79 Å². The number of benzene rings is 2. The van der Waals surface area contributed by atoms with E-state index >= 15 is 0 Å². The maximum Gasteiger partial charge on any atom is 0.315 e. The molecule has 146 valence electrons. The van der Waals surface area contributed by atoms with Crippen molar-refractivity contribution in [3.05, 3.63) is 83.2 Å². The number of hydrogen-bond acceptors (Lipinski definition) is 2. The Morgan fingerprint density at radius 2 is 1.64 bits per heavy atom. The maximum atomic E-state index is 12.2. The van der Waals surface area contributed by atoms with Gasteiger partial charge in [-0.25, -0.2) is 9.48 Å². The van der Waals surface area contributed by atoms with Crippen LogP contribution in [-0.4, -0.2) is 22.4 Å². The van der Waals surface area contributed by atoms with Crippen molar-refractivity contribution in [1.82, 2.24) is 20.4 Å². The third-order valence-corrected chi connectivity index (χ3v) is 5.10. The minimum Gasteiger partial charge on any atom is -0.338 e. The van der Waals surface area contributed by atoms with Crippen LogP contribution in [0.25, 0.3) is 5.69 Å². The summed E-state index contributed by atoms with van der Waals surface area (Å²) in [6, 6.07) is 20.2. The summed E-state index contributed by atoms with van der Waals surface area (Å²) < 4.78 is 1.92. The highest BCUT2D eigenvalue weighted by Gasteiger charge is 2.13. The number of urea groups is 1. The fourth-order valence-electron chi connectivity index (χ4n) is 3.33. The van der Waals surface area contributed by atoms with E-state index in [1.54, 1.807) is 0 Å². The van der Waals surface area contributed by atoms with Crippen LogP contribution < -0.4 is 10.6 Å². The topological polar surface area (TPSA) is 59.0 Å². The number of nitrogens with zero attached hydrogens (tertiary/aromatic N) is 2. The second kappa shape index (κ2) is 9.22. The van der Waals surface area contributed by atoms with Gasteiger partial charge in [-0.2, -0.15) is 5.10 Å². The molecule has 0 spiro atoms. The minimum atomic E-state index is -0.147. The first-order valence-corrected chi connectivity index (χ1v) is 9.73. The quantitative estimate of drug-likeness (QED) is 0.639. The Morgan fingerprint density at radius 1 is 1.00 bits per heavy atom. The van der Waals surface area contributed by atoms with E-state index in [-0.39, 0.29) is 6.03 Å². The summed E-state index contributed by atoms with van der Waals surface area (Å²) in [6.07, 6.45) is 0.904. The molecule has 2 N–H and O–H groups in total. The first-order chi connectivity index (χ1) is 13.6. The summed E-state index contributed by atoms with van der Waals surface area (Å²) in [5.41, 5.74) is 5.34. The summed E-state index contributed by atoms with van der Waals surface area (Å²) >= 11 is 0. The molecule has 2 aromatic carbocycles. The average Bonchev–Trinajstić information content (AvgIpc) is 3.01. The van der Waals surface area contributed by atoms with Crippen molar-refractivity contribution < 1.29 is 4.79 Å². The summed E-state index contributed by atoms with van der Waals surface area (Å²) in [6.45, 7) is 7.29. The number of para-hydroxylation sites is 1. The van der Waals surface area contributed by atoms with E-state index in [1.165, 1.54) is 5.56 Å². The summed E-state index contributed by atoms with van der Waals surface area (Å²) in [7, 11) is 0. The van der Waals surface area contributed by atoms with Crippen molar-refractivity contribution in [3.63, 3.8) is 0 Å². The van der Waals surface area contributed by atoms with Gasteiger partial charge < -0.3 is 10.6 Å². The van der Waals surface area contributed by atoms with Gasteiger partial charge in [-0.1, -0.05) is 55.5 Å². The first-order valence-electron chi connectivity index (χ1n) is 9.73. The number of amides is 2. The Hall–Kier alpha value is -3.08. The summed E-state index contributed by atoms with van der Waals surface area (Å²) in [5, 5.41) is 10.5. The number of rotatable bonds is 7. The van der Waals surface area contributed by atoms with Crippen LogP contribution in [0.2, 0.25) is 0 Å². The van der Waals surface area contributed by atoms with E-state index in [4.69, 9.17) is 0 Å². The molecule has 0 aliphatic rings. The Balaban J connectivity index is 1.50. The standard InChI is InChI=1S/C23H28N4O/c1-17(20-10-6-4-7-11-20)14-15-24-23(28)25-16-22-18(2)26-27(19(22)3)21-12-8-5-9-13-21/h4-13,17H,14-16H2,1-3H3,(H2,24,25,28). The number of nitrogens with one attached hydrogen (secondary N) is 2. The van der Waals surface area contributed by atoms with E-state index < -0.39 is 0 Å². The molecular weight excluding hydrogens is 348 g/mol. The molecule has 5 nitrogen and oxygen atoms in total. The van der Waals surface area contributed by atoms with E-state index in [0.717, 1.165) is 29.1 Å². The van der Waals surface area contributed by atoms with Crippen molar-refractivity contribution in [1.29, 1.82) is 0 Å². The second-order valence-electron chi connectivity index (χ2n) is 7.11. The predicted molar refractivity (Wildman–Crippen MR) is 113 cm³/mol. The smallest absolute Gasteiger partial charge is 0.315 e. The highest BCUT2D eigenvalue weighted by atomic mass is 16.2. The molecule has 2 amide bonds. The Bertz CT molecular complexity index is 903. The Labute approximate surface area is 166 Å². The first kappa shape index (κ1) is 19.7. The zero-order valence-corrected chi connectivity index (χ0v) is 16.8. The van der Waals surface area contributed by atoms with Gasteiger partial charge in [0.2, 0.25) is 0 Å². The van der Waals surface area contributed by atoms with Crippen LogP contribution in [0.3, 0.4) is 0 Å². The van der Waals surface area contributed by atoms with Gasteiger partial charge in [-0.15, -0.1) is 0 Å². The molecular formula is C23H28N4O. The van der Waals surface area contributed by atoms with E-state index in [2.05, 4.69) is 34.8 Å². The van der Waals surface area contributed by atoms with Gasteiger partial charge >= 0.3 is 6.03 Å². The lowest BCUT2D eigenvalue weighted by Crippen LogP contribution is -2.36. The molecule has 1 unspecified atom stereocenters. The molecule has 0 radical (unpaired) electrons. The van der Waals surface area contributed by atoms with E-state index in [1.807, 2.05) is 67.1 Å². The molecule has 0 saturated heterocycles. The lowest BCUT2D eigenvalue weighted by molar-refractivity contribution is 0.240. The van der Waals surface area contributed by atoms with Gasteiger partial charge in [0.25, 0.3) is 0 Å². The summed E-state index contributed by atoms with van der Waals surface area (Å²) in [4.78, 5) is 12.2. The monoisotopic (exact) mass is 376 g/mol. The SMILES string of the molecule is Cc1nn(-c2ccccc2)c(C)c1CNC(=O)NCCC(C)c1ccccc1. The van der Waals surface area contributed by atoms with Crippen LogP contribution in [0, 0.1) is 13.8 Å². The lowest BCUT2D eigenvalue weighted by Gasteiger charge is -2.13. The zero-order chi connectivity index (χ0) is 19.9. The van der Waals surface area contributed by atoms with Crippen molar-refractivity contribution in [2.24, 2.45) is 0 Å². The molecule has 0 fully saturated rings. The number of carbonyl (C=O) groups excluding carboxylic acids is 1. The van der Waals surface area contributed by atoms with Gasteiger partial charge in [-0.3, -0.25) is 0 Å². The molecule has 28 heavy (non-hydrogen) atoms. The molecule has 1 atom stereocenters. The van der Waals surface area contributed by atoms with Gasteiger partial charge in [0.05, 0.1) is 11.4 Å². The van der Waals surface area contributed by atoms with Crippen molar-refractivity contribution in [2.45, 2.75) is 39.7 Å². The van der Waals surface area contributed by atoms with Gasteiger partial charge in [0, 0.05) is 24.3 Å². The number of aromatic nitrogens is 2. The minimum absolute atomic E-state index is 0.147. The fourth-order valence-corrected chi connectivity index (χ4v) is 3.33. The average molecular weight is 377 g/mol. The number of aryl methyl sites for hydroxylation is 1. The molecule has 3 aromatic rings. The highest BCUT2D eigenvalue weighted by molar-refractivity contribution is 5.73. The summed E-state index contributed by atoms with van der Waals surface area (Å²) in [5.74, 6) is 0.412. The van der Waals surface area contributed by atoms with Crippen LogP contribution >= 0.6 is 0 Å². The fraction of sp³-hybridized carbons (Fsp3) is 0.304. The number of carbonyl (C=O) groups is 1. The largest absolute Gasteiger partial charge is 0.338 e. The van der Waals surface area contributed by atoms with Gasteiger partial charge in [0.15, 0.2) is 0 Å². The molecule has 0 bridgehead atoms. The van der Waals surface area contributed by atoms with Crippen LogP contribution in [0.15, 0.2) is 60.7 Å². The molecule has 3 rings (SSSR count). The van der Waals surface area contributed by atoms with Gasteiger partial charge in [-0.05, 0) is 43.9 Å². The van der Waals surface area contributed by atoms with Gasteiger partial charge in [0.1, 0.15) is 0 Å². The van der Waals surface area contributed by atoms with Crippen LogP contribution in [0.5, 0.6) is 0 Å². The van der Waals surface area contributed by atoms with Crippen molar-refractivity contribution in [3.8, 4) is 5.69 Å². The third-order valence-electron chi connectivity index (χ3n) is 5.10. The molecule has 0 aliphatic heterocycles. The Morgan fingerprint density at radius 3 is 2.32 bits per heavy atom. The Kier molecular flexibility index (Phi) is 6.48. The normalized spacial score (nSPS) is 11.8. The predicted octanol–water partition coefficient (Wildman–Crippen LogP) is 4.48. The van der Waals surface area contributed by atoms with Crippen molar-refractivity contribution in [2.75, 3.05) is 6.54 Å². The third kappa shape index (κ3) is 4.80. The molecule has 1 heterocycles. The molecule has 0 saturated carbocycles. The zero-order valence-electron chi connectivity index (χ0n) is 16.8.